The van der Waals surface area contributed by atoms with Crippen molar-refractivity contribution in [1.82, 2.24) is 0 Å². The zero-order valence-electron chi connectivity index (χ0n) is 8.34. The summed E-state index contributed by atoms with van der Waals surface area (Å²) in [6, 6.07) is 7.94. The molecular formula is C10H13N3O. The van der Waals surface area contributed by atoms with E-state index in [2.05, 4.69) is 10.2 Å². The molecule has 0 spiro atoms. The maximum absolute atomic E-state index is 10.7. The lowest BCUT2D eigenvalue weighted by Gasteiger charge is -2.36. The molecule has 1 aromatic rings. The Bertz CT molecular complexity index is 353. The highest BCUT2D eigenvalue weighted by atomic mass is 16.3. The van der Waals surface area contributed by atoms with Crippen LogP contribution in [0.15, 0.2) is 29.6 Å². The highest BCUT2D eigenvalue weighted by molar-refractivity contribution is 5.73. The first kappa shape index (κ1) is 8.99. The number of hydrogen-bond acceptors (Lipinski definition) is 3. The predicted molar refractivity (Wildman–Crippen MR) is 57.4 cm³/mol. The fourth-order valence-corrected chi connectivity index (χ4v) is 1.91. The van der Waals surface area contributed by atoms with Crippen molar-refractivity contribution in [1.29, 1.82) is 0 Å². The smallest absolute Gasteiger partial charge is 0.0863 e. The molecule has 1 heterocycles. The highest BCUT2D eigenvalue weighted by Crippen LogP contribution is 2.34. The van der Waals surface area contributed by atoms with Crippen LogP contribution in [0.25, 0.3) is 0 Å². The van der Waals surface area contributed by atoms with Gasteiger partial charge in [0, 0.05) is 13.6 Å². The monoisotopic (exact) mass is 191 g/mol. The third kappa shape index (κ3) is 1.23. The van der Waals surface area contributed by atoms with E-state index >= 15 is 0 Å². The van der Waals surface area contributed by atoms with Crippen LogP contribution < -0.4 is 9.91 Å². The standard InChI is InChI=1S/C10H13N3O/c1-8-7-12(2)9-5-3-4-6-10(9)13(8)11-14/h3-6,8H,7H2,1-2H3/t8-/m0/s1. The molecule has 4 nitrogen and oxygen atoms in total. The van der Waals surface area contributed by atoms with Crippen molar-refractivity contribution < 1.29 is 0 Å². The minimum absolute atomic E-state index is 0.132. The molecule has 0 saturated carbocycles. The molecule has 1 atom stereocenters. The van der Waals surface area contributed by atoms with Crippen LogP contribution in [0.2, 0.25) is 0 Å². The summed E-state index contributed by atoms with van der Waals surface area (Å²) in [4.78, 5) is 12.8. The third-order valence-electron chi connectivity index (χ3n) is 2.58. The molecule has 1 aliphatic heterocycles. The van der Waals surface area contributed by atoms with E-state index in [9.17, 15) is 4.91 Å². The molecule has 0 unspecified atom stereocenters. The Labute approximate surface area is 83.1 Å². The first-order valence-electron chi connectivity index (χ1n) is 4.66. The fraction of sp³-hybridized carbons (Fsp3) is 0.400. The number of anilines is 2. The van der Waals surface area contributed by atoms with E-state index in [4.69, 9.17) is 0 Å². The maximum Gasteiger partial charge on any atom is 0.0863 e. The van der Waals surface area contributed by atoms with Gasteiger partial charge in [-0.15, -0.1) is 4.91 Å². The average molecular weight is 191 g/mol. The molecule has 74 valence electrons. The molecule has 0 bridgehead atoms. The molecule has 0 saturated heterocycles. The summed E-state index contributed by atoms with van der Waals surface area (Å²) in [5.41, 5.74) is 1.95. The second-order valence-corrected chi connectivity index (χ2v) is 3.64. The summed E-state index contributed by atoms with van der Waals surface area (Å²) >= 11 is 0. The number of benzene rings is 1. The van der Waals surface area contributed by atoms with E-state index < -0.39 is 0 Å². The van der Waals surface area contributed by atoms with Crippen molar-refractivity contribution in [3.05, 3.63) is 29.2 Å². The van der Waals surface area contributed by atoms with Crippen LogP contribution in [0.3, 0.4) is 0 Å². The number of nitroso groups, excluding NO2 is 1. The average Bonchev–Trinajstić information content (AvgIpc) is 2.18. The zero-order valence-corrected chi connectivity index (χ0v) is 8.34. The Balaban J connectivity index is 2.50. The summed E-state index contributed by atoms with van der Waals surface area (Å²) in [6.07, 6.45) is 0. The van der Waals surface area contributed by atoms with Gasteiger partial charge in [0.2, 0.25) is 0 Å². The van der Waals surface area contributed by atoms with Crippen LogP contribution in [0, 0.1) is 4.91 Å². The van der Waals surface area contributed by atoms with E-state index in [0.717, 1.165) is 17.9 Å². The second-order valence-electron chi connectivity index (χ2n) is 3.64. The van der Waals surface area contributed by atoms with Gasteiger partial charge >= 0.3 is 0 Å². The lowest BCUT2D eigenvalue weighted by Crippen LogP contribution is -2.43. The van der Waals surface area contributed by atoms with Crippen molar-refractivity contribution in [2.75, 3.05) is 23.5 Å². The lowest BCUT2D eigenvalue weighted by molar-refractivity contribution is 0.619. The molecule has 0 aromatic heterocycles. The van der Waals surface area contributed by atoms with Crippen LogP contribution >= 0.6 is 0 Å². The predicted octanol–water partition coefficient (Wildman–Crippen LogP) is 2.01. The maximum atomic E-state index is 10.7. The summed E-state index contributed by atoms with van der Waals surface area (Å²) in [5, 5.41) is 4.60. The minimum atomic E-state index is 0.132. The van der Waals surface area contributed by atoms with Gasteiger partial charge < -0.3 is 4.90 Å². The molecule has 1 aliphatic rings. The first-order valence-corrected chi connectivity index (χ1v) is 4.66. The van der Waals surface area contributed by atoms with Gasteiger partial charge in [0.1, 0.15) is 0 Å². The van der Waals surface area contributed by atoms with Gasteiger partial charge in [-0.1, -0.05) is 12.1 Å². The minimum Gasteiger partial charge on any atom is -0.371 e. The van der Waals surface area contributed by atoms with Gasteiger partial charge in [-0.2, -0.15) is 0 Å². The van der Waals surface area contributed by atoms with Gasteiger partial charge in [-0.3, -0.25) is 0 Å². The van der Waals surface area contributed by atoms with Gasteiger partial charge in [-0.05, 0) is 19.1 Å². The topological polar surface area (TPSA) is 35.9 Å². The number of nitrogens with zero attached hydrogens (tertiary/aromatic N) is 3. The van der Waals surface area contributed by atoms with E-state index in [1.165, 1.54) is 5.01 Å². The number of rotatable bonds is 1. The highest BCUT2D eigenvalue weighted by Gasteiger charge is 2.26. The Morgan fingerprint density at radius 3 is 2.64 bits per heavy atom. The Kier molecular flexibility index (Phi) is 2.11. The van der Waals surface area contributed by atoms with Gasteiger partial charge in [0.25, 0.3) is 0 Å². The number of hydrogen-bond donors (Lipinski definition) is 0. The lowest BCUT2D eigenvalue weighted by atomic mass is 10.1. The van der Waals surface area contributed by atoms with Crippen LogP contribution in [-0.4, -0.2) is 19.6 Å². The molecule has 0 aliphatic carbocycles. The van der Waals surface area contributed by atoms with Gasteiger partial charge in [0.05, 0.1) is 22.7 Å². The van der Waals surface area contributed by atoms with E-state index in [1.54, 1.807) is 0 Å². The van der Waals surface area contributed by atoms with E-state index in [1.807, 2.05) is 38.2 Å². The van der Waals surface area contributed by atoms with Crippen molar-refractivity contribution in [3.63, 3.8) is 0 Å². The molecule has 0 amide bonds. The second kappa shape index (κ2) is 3.29. The SMILES string of the molecule is C[C@H]1CN(C)c2ccccc2N1N=O. The van der Waals surface area contributed by atoms with Crippen molar-refractivity contribution in [3.8, 4) is 0 Å². The molecular weight excluding hydrogens is 178 g/mol. The summed E-state index contributed by atoms with van der Waals surface area (Å²) in [7, 11) is 2.03. The fourth-order valence-electron chi connectivity index (χ4n) is 1.91. The van der Waals surface area contributed by atoms with Crippen LogP contribution in [-0.2, 0) is 0 Å². The quantitative estimate of drug-likeness (QED) is 0.637. The van der Waals surface area contributed by atoms with Crippen LogP contribution in [0.4, 0.5) is 11.4 Å². The van der Waals surface area contributed by atoms with Crippen LogP contribution in [0.5, 0.6) is 0 Å². The Hall–Kier alpha value is -1.58. The van der Waals surface area contributed by atoms with Gasteiger partial charge in [0.15, 0.2) is 0 Å². The van der Waals surface area contributed by atoms with Crippen molar-refractivity contribution in [2.45, 2.75) is 13.0 Å². The Morgan fingerprint density at radius 2 is 2.00 bits per heavy atom. The number of fused-ring (bicyclic) bond motifs is 1. The molecule has 2 rings (SSSR count). The number of likely N-dealkylation sites (N-methyl/N-ethyl adjacent to an activating group) is 1. The molecule has 0 radical (unpaired) electrons. The molecule has 0 fully saturated rings. The van der Waals surface area contributed by atoms with Crippen molar-refractivity contribution >= 4 is 11.4 Å². The third-order valence-corrected chi connectivity index (χ3v) is 2.58. The molecule has 0 N–H and O–H groups in total. The Morgan fingerprint density at radius 1 is 1.36 bits per heavy atom. The van der Waals surface area contributed by atoms with Crippen LogP contribution in [0.1, 0.15) is 6.92 Å². The molecule has 4 heteroatoms. The molecule has 1 aromatic carbocycles. The normalized spacial score (nSPS) is 20.6. The largest absolute Gasteiger partial charge is 0.371 e. The number of para-hydroxylation sites is 2. The molecule has 14 heavy (non-hydrogen) atoms. The first-order chi connectivity index (χ1) is 6.74. The zero-order chi connectivity index (χ0) is 10.1. The summed E-state index contributed by atoms with van der Waals surface area (Å²) < 4.78 is 0. The van der Waals surface area contributed by atoms with E-state index in [-0.39, 0.29) is 6.04 Å². The van der Waals surface area contributed by atoms with Gasteiger partial charge in [-0.25, -0.2) is 5.01 Å². The summed E-state index contributed by atoms with van der Waals surface area (Å²) in [6.45, 7) is 2.82. The van der Waals surface area contributed by atoms with Crippen molar-refractivity contribution in [2.24, 2.45) is 5.29 Å². The summed E-state index contributed by atoms with van der Waals surface area (Å²) in [5.74, 6) is 0. The van der Waals surface area contributed by atoms with E-state index in [0.29, 0.717) is 0 Å².